The highest BCUT2D eigenvalue weighted by atomic mass is 19.4. The minimum atomic E-state index is -4.29. The number of aromatic nitrogens is 3. The Morgan fingerprint density at radius 3 is 2.25 bits per heavy atom. The van der Waals surface area contributed by atoms with Crippen LogP contribution in [0.2, 0.25) is 0 Å². The van der Waals surface area contributed by atoms with Crippen molar-refractivity contribution in [1.29, 1.82) is 0 Å². The summed E-state index contributed by atoms with van der Waals surface area (Å²) in [5.41, 5.74) is 5.61. The van der Waals surface area contributed by atoms with Gasteiger partial charge in [-0.15, -0.1) is 0 Å². The first kappa shape index (κ1) is 13.2. The fourth-order valence-electron chi connectivity index (χ4n) is 2.88. The van der Waals surface area contributed by atoms with Crippen molar-refractivity contribution in [3.63, 3.8) is 0 Å². The van der Waals surface area contributed by atoms with Gasteiger partial charge in [0, 0.05) is 5.69 Å². The van der Waals surface area contributed by atoms with E-state index in [0.717, 1.165) is 0 Å². The SMILES string of the molecule is Cc1nc(N)c2c(C)c(C)n(C3(C(F)(F)F)CC3)c2n1. The first-order chi connectivity index (χ1) is 9.19. The molecule has 1 aliphatic carbocycles. The average molecular weight is 284 g/mol. The number of nitrogen functional groups attached to an aromatic ring is 1. The maximum Gasteiger partial charge on any atom is 0.412 e. The van der Waals surface area contributed by atoms with Crippen LogP contribution in [0.4, 0.5) is 19.0 Å². The van der Waals surface area contributed by atoms with Crippen molar-refractivity contribution in [3.05, 3.63) is 17.1 Å². The summed E-state index contributed by atoms with van der Waals surface area (Å²) < 4.78 is 41.5. The van der Waals surface area contributed by atoms with Crippen molar-refractivity contribution in [2.75, 3.05) is 5.73 Å². The Kier molecular flexibility index (Phi) is 2.41. The maximum atomic E-state index is 13.4. The largest absolute Gasteiger partial charge is 0.412 e. The van der Waals surface area contributed by atoms with E-state index < -0.39 is 11.7 Å². The quantitative estimate of drug-likeness (QED) is 0.875. The molecule has 108 valence electrons. The summed E-state index contributed by atoms with van der Waals surface area (Å²) in [5, 5.41) is 0.531. The van der Waals surface area contributed by atoms with Gasteiger partial charge in [0.05, 0.1) is 5.39 Å². The second-order valence-corrected chi connectivity index (χ2v) is 5.43. The van der Waals surface area contributed by atoms with E-state index in [1.807, 2.05) is 0 Å². The van der Waals surface area contributed by atoms with Crippen LogP contribution in [-0.2, 0) is 5.54 Å². The third-order valence-corrected chi connectivity index (χ3v) is 4.17. The molecule has 2 N–H and O–H groups in total. The average Bonchev–Trinajstić information content (AvgIpc) is 3.04. The molecule has 2 aromatic heterocycles. The Morgan fingerprint density at radius 1 is 1.15 bits per heavy atom. The van der Waals surface area contributed by atoms with Gasteiger partial charge in [0.25, 0.3) is 0 Å². The zero-order valence-electron chi connectivity index (χ0n) is 11.5. The highest BCUT2D eigenvalue weighted by Gasteiger charge is 2.65. The predicted octanol–water partition coefficient (Wildman–Crippen LogP) is 2.99. The number of hydrogen-bond acceptors (Lipinski definition) is 3. The standard InChI is InChI=1S/C13H15F3N4/c1-6-7(2)20(12(4-5-12)13(14,15)16)11-9(6)10(17)18-8(3)19-11/h4-5H2,1-3H3,(H2,17,18,19). The molecule has 0 atom stereocenters. The lowest BCUT2D eigenvalue weighted by atomic mass is 10.2. The van der Waals surface area contributed by atoms with E-state index in [0.29, 0.717) is 28.1 Å². The van der Waals surface area contributed by atoms with Crippen LogP contribution in [0.1, 0.15) is 29.9 Å². The maximum absolute atomic E-state index is 13.4. The first-order valence-corrected chi connectivity index (χ1v) is 6.38. The van der Waals surface area contributed by atoms with Crippen molar-refractivity contribution in [2.45, 2.75) is 45.3 Å². The number of alkyl halides is 3. The van der Waals surface area contributed by atoms with Crippen LogP contribution in [0.3, 0.4) is 0 Å². The molecule has 1 saturated carbocycles. The van der Waals surface area contributed by atoms with Gasteiger partial charge in [-0.1, -0.05) is 0 Å². The minimum absolute atomic E-state index is 0.0868. The van der Waals surface area contributed by atoms with Crippen LogP contribution < -0.4 is 5.73 Å². The Morgan fingerprint density at radius 2 is 1.75 bits per heavy atom. The molecule has 7 heteroatoms. The fourth-order valence-corrected chi connectivity index (χ4v) is 2.88. The predicted molar refractivity (Wildman–Crippen MR) is 69.4 cm³/mol. The number of nitrogens with zero attached hydrogens (tertiary/aromatic N) is 3. The zero-order valence-corrected chi connectivity index (χ0v) is 11.5. The molecule has 1 aliphatic rings. The number of anilines is 1. The van der Waals surface area contributed by atoms with E-state index in [1.165, 1.54) is 4.57 Å². The summed E-state index contributed by atoms with van der Waals surface area (Å²) in [4.78, 5) is 8.26. The molecule has 4 nitrogen and oxygen atoms in total. The molecule has 20 heavy (non-hydrogen) atoms. The molecule has 0 radical (unpaired) electrons. The second kappa shape index (κ2) is 3.65. The molecule has 0 saturated heterocycles. The Labute approximate surface area is 113 Å². The Balaban J connectivity index is 2.41. The van der Waals surface area contributed by atoms with Gasteiger partial charge in [-0.25, -0.2) is 9.97 Å². The van der Waals surface area contributed by atoms with Gasteiger partial charge in [-0.3, -0.25) is 0 Å². The lowest BCUT2D eigenvalue weighted by molar-refractivity contribution is -0.179. The van der Waals surface area contributed by atoms with Crippen LogP contribution in [0.25, 0.3) is 11.0 Å². The van der Waals surface area contributed by atoms with E-state index in [9.17, 15) is 13.2 Å². The molecular formula is C13H15F3N4. The molecule has 3 rings (SSSR count). The van der Waals surface area contributed by atoms with Crippen molar-refractivity contribution < 1.29 is 13.2 Å². The van der Waals surface area contributed by atoms with Gasteiger partial charge >= 0.3 is 6.18 Å². The van der Waals surface area contributed by atoms with Crippen molar-refractivity contribution in [2.24, 2.45) is 0 Å². The smallest absolute Gasteiger partial charge is 0.383 e. The van der Waals surface area contributed by atoms with Crippen LogP contribution in [0, 0.1) is 20.8 Å². The summed E-state index contributed by atoms with van der Waals surface area (Å²) in [5.74, 6) is 0.622. The second-order valence-electron chi connectivity index (χ2n) is 5.43. The summed E-state index contributed by atoms with van der Waals surface area (Å²) >= 11 is 0. The van der Waals surface area contributed by atoms with E-state index in [-0.39, 0.29) is 18.7 Å². The van der Waals surface area contributed by atoms with E-state index in [4.69, 9.17) is 5.73 Å². The molecule has 2 aromatic rings. The lowest BCUT2D eigenvalue weighted by Gasteiger charge is -2.23. The molecule has 0 aliphatic heterocycles. The summed E-state index contributed by atoms with van der Waals surface area (Å²) in [6.45, 7) is 5.07. The number of hydrogen-bond donors (Lipinski definition) is 1. The first-order valence-electron chi connectivity index (χ1n) is 6.38. The number of halogens is 3. The highest BCUT2D eigenvalue weighted by molar-refractivity contribution is 5.91. The topological polar surface area (TPSA) is 56.7 Å². The van der Waals surface area contributed by atoms with Gasteiger partial charge in [-0.2, -0.15) is 13.2 Å². The van der Waals surface area contributed by atoms with Crippen LogP contribution in [0.15, 0.2) is 0 Å². The molecular weight excluding hydrogens is 269 g/mol. The third-order valence-electron chi connectivity index (χ3n) is 4.17. The zero-order chi connectivity index (χ0) is 14.9. The van der Waals surface area contributed by atoms with Crippen LogP contribution in [0.5, 0.6) is 0 Å². The Bertz CT molecular complexity index is 711. The summed E-state index contributed by atoms with van der Waals surface area (Å²) in [7, 11) is 0. The molecule has 0 spiro atoms. The molecule has 0 aromatic carbocycles. The number of rotatable bonds is 1. The summed E-state index contributed by atoms with van der Waals surface area (Å²) in [6.07, 6.45) is -4.11. The van der Waals surface area contributed by atoms with Gasteiger partial charge in [0.2, 0.25) is 0 Å². The molecule has 0 unspecified atom stereocenters. The van der Waals surface area contributed by atoms with Crippen molar-refractivity contribution in [3.8, 4) is 0 Å². The fraction of sp³-hybridized carbons (Fsp3) is 0.538. The van der Waals surface area contributed by atoms with E-state index in [1.54, 1.807) is 20.8 Å². The van der Waals surface area contributed by atoms with Crippen LogP contribution >= 0.6 is 0 Å². The molecule has 2 heterocycles. The number of aryl methyl sites for hydroxylation is 2. The monoisotopic (exact) mass is 284 g/mol. The summed E-state index contributed by atoms with van der Waals surface area (Å²) in [6, 6.07) is 0. The van der Waals surface area contributed by atoms with Gasteiger partial charge < -0.3 is 10.3 Å². The van der Waals surface area contributed by atoms with Crippen LogP contribution in [-0.4, -0.2) is 20.7 Å². The highest BCUT2D eigenvalue weighted by Crippen LogP contribution is 2.57. The van der Waals surface area contributed by atoms with Gasteiger partial charge in [-0.05, 0) is 39.2 Å². The number of fused-ring (bicyclic) bond motifs is 1. The molecule has 0 bridgehead atoms. The molecule has 0 amide bonds. The van der Waals surface area contributed by atoms with E-state index in [2.05, 4.69) is 9.97 Å². The molecule has 1 fully saturated rings. The van der Waals surface area contributed by atoms with Gasteiger partial charge in [0.15, 0.2) is 0 Å². The number of nitrogens with two attached hydrogens (primary N) is 1. The van der Waals surface area contributed by atoms with Gasteiger partial charge in [0.1, 0.15) is 22.8 Å². The van der Waals surface area contributed by atoms with Crippen molar-refractivity contribution >= 4 is 16.9 Å². The Hall–Kier alpha value is -1.79. The minimum Gasteiger partial charge on any atom is -0.383 e. The van der Waals surface area contributed by atoms with Crippen molar-refractivity contribution in [1.82, 2.24) is 14.5 Å². The third kappa shape index (κ3) is 1.49. The normalized spacial score (nSPS) is 17.7. The van der Waals surface area contributed by atoms with E-state index >= 15 is 0 Å². The lowest BCUT2D eigenvalue weighted by Crippen LogP contribution is -2.35.